The van der Waals surface area contributed by atoms with Gasteiger partial charge in [0.2, 0.25) is 0 Å². The normalized spacial score (nSPS) is 27.4. The topological polar surface area (TPSA) is 40.6 Å². The highest BCUT2D eigenvalue weighted by Gasteiger charge is 2.46. The maximum Gasteiger partial charge on any atom is 0.136 e. The Morgan fingerprint density at radius 2 is 2.44 bits per heavy atom. The number of hydrogen-bond acceptors (Lipinski definition) is 4. The van der Waals surface area contributed by atoms with Gasteiger partial charge in [0.15, 0.2) is 0 Å². The molecular weight excluding hydrogens is 230 g/mol. The van der Waals surface area contributed by atoms with Gasteiger partial charge in [-0.05, 0) is 0 Å². The number of ether oxygens (including phenoxy) is 3. The molecular formula is C11H12ClNO3. The highest BCUT2D eigenvalue weighted by molar-refractivity contribution is 6.29. The maximum absolute atomic E-state index is 5.98. The van der Waals surface area contributed by atoms with Crippen LogP contribution in [0, 0.1) is 0 Å². The molecule has 1 atom stereocenters. The monoisotopic (exact) mass is 241 g/mol. The van der Waals surface area contributed by atoms with Crippen LogP contribution in [-0.2, 0) is 21.7 Å². The van der Waals surface area contributed by atoms with Crippen molar-refractivity contribution in [1.82, 2.24) is 4.98 Å². The number of nitrogens with zero attached hydrogens (tertiary/aromatic N) is 1. The van der Waals surface area contributed by atoms with Crippen LogP contribution in [0.25, 0.3) is 0 Å². The van der Waals surface area contributed by atoms with Crippen molar-refractivity contribution in [2.75, 3.05) is 20.3 Å². The van der Waals surface area contributed by atoms with Gasteiger partial charge in [0.1, 0.15) is 16.5 Å². The van der Waals surface area contributed by atoms with Gasteiger partial charge < -0.3 is 14.2 Å². The molecule has 1 saturated heterocycles. The van der Waals surface area contributed by atoms with Gasteiger partial charge >= 0.3 is 0 Å². The van der Waals surface area contributed by atoms with Crippen molar-refractivity contribution >= 4 is 11.6 Å². The molecule has 0 aromatic carbocycles. The van der Waals surface area contributed by atoms with Gasteiger partial charge in [-0.2, -0.15) is 0 Å². The number of halogens is 1. The third kappa shape index (κ3) is 1.34. The molecule has 1 unspecified atom stereocenters. The van der Waals surface area contributed by atoms with Crippen molar-refractivity contribution in [2.45, 2.75) is 18.6 Å². The summed E-state index contributed by atoms with van der Waals surface area (Å²) < 4.78 is 16.5. The van der Waals surface area contributed by atoms with E-state index in [4.69, 9.17) is 25.8 Å². The van der Waals surface area contributed by atoms with Gasteiger partial charge in [-0.3, -0.25) is 0 Å². The summed E-state index contributed by atoms with van der Waals surface area (Å²) in [5.74, 6) is 0.749. The van der Waals surface area contributed by atoms with Crippen LogP contribution in [0.5, 0.6) is 5.75 Å². The first-order chi connectivity index (χ1) is 7.75. The predicted octanol–water partition coefficient (Wildman–Crippen LogP) is 1.89. The highest BCUT2D eigenvalue weighted by atomic mass is 35.5. The zero-order valence-electron chi connectivity index (χ0n) is 8.96. The Morgan fingerprint density at radius 1 is 1.56 bits per heavy atom. The van der Waals surface area contributed by atoms with Crippen LogP contribution in [0.4, 0.5) is 0 Å². The quantitative estimate of drug-likeness (QED) is 0.704. The van der Waals surface area contributed by atoms with Crippen molar-refractivity contribution in [2.24, 2.45) is 0 Å². The van der Waals surface area contributed by atoms with Crippen LogP contribution < -0.4 is 4.74 Å². The molecule has 3 heterocycles. The summed E-state index contributed by atoms with van der Waals surface area (Å²) in [5.41, 5.74) is 1.49. The van der Waals surface area contributed by atoms with E-state index >= 15 is 0 Å². The molecule has 1 spiro atoms. The lowest BCUT2D eigenvalue weighted by Crippen LogP contribution is -2.26. The molecule has 16 heavy (non-hydrogen) atoms. The van der Waals surface area contributed by atoms with E-state index in [9.17, 15) is 0 Å². The van der Waals surface area contributed by atoms with Crippen LogP contribution in [0.3, 0.4) is 0 Å². The van der Waals surface area contributed by atoms with E-state index in [1.165, 1.54) is 0 Å². The van der Waals surface area contributed by atoms with E-state index in [1.54, 1.807) is 13.2 Å². The summed E-state index contributed by atoms with van der Waals surface area (Å²) in [7, 11) is 1.63. The van der Waals surface area contributed by atoms with Crippen molar-refractivity contribution in [3.8, 4) is 5.75 Å². The molecule has 0 amide bonds. The average molecular weight is 242 g/mol. The molecule has 1 fully saturated rings. The van der Waals surface area contributed by atoms with Crippen LogP contribution in [0.15, 0.2) is 6.07 Å². The lowest BCUT2D eigenvalue weighted by atomic mass is 9.97. The SMILES string of the molecule is COc1cc(Cl)nc2c1COC21CCOC1. The molecule has 0 saturated carbocycles. The molecule has 0 N–H and O–H groups in total. The Hall–Kier alpha value is -0.840. The molecule has 3 rings (SSSR count). The molecule has 5 heteroatoms. The maximum atomic E-state index is 5.98. The minimum Gasteiger partial charge on any atom is -0.496 e. The van der Waals surface area contributed by atoms with Crippen LogP contribution in [0.1, 0.15) is 17.7 Å². The third-order valence-corrected chi connectivity index (χ3v) is 3.38. The Bertz CT molecular complexity index is 429. The smallest absolute Gasteiger partial charge is 0.136 e. The van der Waals surface area contributed by atoms with Gasteiger partial charge in [0, 0.05) is 24.7 Å². The van der Waals surface area contributed by atoms with Crippen molar-refractivity contribution in [3.05, 3.63) is 22.5 Å². The van der Waals surface area contributed by atoms with Crippen molar-refractivity contribution in [1.29, 1.82) is 0 Å². The van der Waals surface area contributed by atoms with Crippen LogP contribution in [0.2, 0.25) is 5.15 Å². The van der Waals surface area contributed by atoms with Gasteiger partial charge in [-0.25, -0.2) is 4.98 Å². The molecule has 4 nitrogen and oxygen atoms in total. The summed E-state index contributed by atoms with van der Waals surface area (Å²) in [4.78, 5) is 4.38. The number of rotatable bonds is 1. The Morgan fingerprint density at radius 3 is 3.12 bits per heavy atom. The second kappa shape index (κ2) is 3.58. The number of methoxy groups -OCH3 is 1. The van der Waals surface area contributed by atoms with Gasteiger partial charge in [-0.15, -0.1) is 0 Å². The first-order valence-electron chi connectivity index (χ1n) is 5.21. The zero-order valence-corrected chi connectivity index (χ0v) is 9.71. The molecule has 0 radical (unpaired) electrons. The van der Waals surface area contributed by atoms with E-state index < -0.39 is 5.60 Å². The molecule has 2 aliphatic rings. The standard InChI is InChI=1S/C11H12ClNO3/c1-14-8-4-9(12)13-10-7(8)5-16-11(10)2-3-15-6-11/h4H,2-3,5-6H2,1H3. The summed E-state index contributed by atoms with van der Waals surface area (Å²) in [6, 6.07) is 1.72. The van der Waals surface area contributed by atoms with Gasteiger partial charge in [-0.1, -0.05) is 11.6 Å². The molecule has 2 aliphatic heterocycles. The first-order valence-corrected chi connectivity index (χ1v) is 5.58. The first kappa shape index (κ1) is 10.3. The van der Waals surface area contributed by atoms with E-state index in [1.807, 2.05) is 0 Å². The number of pyridine rings is 1. The lowest BCUT2D eigenvalue weighted by Gasteiger charge is -2.20. The molecule has 0 aliphatic carbocycles. The zero-order chi connectivity index (χ0) is 11.2. The minimum atomic E-state index is -0.395. The second-order valence-electron chi connectivity index (χ2n) is 4.06. The molecule has 0 bridgehead atoms. The van der Waals surface area contributed by atoms with E-state index in [0.717, 1.165) is 23.4 Å². The summed E-state index contributed by atoms with van der Waals surface area (Å²) in [6.45, 7) is 1.78. The Kier molecular flexibility index (Phi) is 2.31. The van der Waals surface area contributed by atoms with Crippen molar-refractivity contribution in [3.63, 3.8) is 0 Å². The Balaban J connectivity index is 2.14. The van der Waals surface area contributed by atoms with Crippen molar-refractivity contribution < 1.29 is 14.2 Å². The van der Waals surface area contributed by atoms with Gasteiger partial charge in [0.05, 0.1) is 26.0 Å². The number of fused-ring (bicyclic) bond motifs is 2. The molecule has 86 valence electrons. The highest BCUT2D eigenvalue weighted by Crippen LogP contribution is 2.45. The minimum absolute atomic E-state index is 0.395. The second-order valence-corrected chi connectivity index (χ2v) is 4.45. The fraction of sp³-hybridized carbons (Fsp3) is 0.545. The van der Waals surface area contributed by atoms with E-state index in [0.29, 0.717) is 25.0 Å². The Labute approximate surface area is 98.5 Å². The third-order valence-electron chi connectivity index (χ3n) is 3.18. The molecule has 1 aromatic heterocycles. The van der Waals surface area contributed by atoms with E-state index in [2.05, 4.69) is 4.98 Å². The summed E-state index contributed by atoms with van der Waals surface area (Å²) in [6.07, 6.45) is 0.830. The average Bonchev–Trinajstić information content (AvgIpc) is 2.88. The molecule has 1 aromatic rings. The fourth-order valence-corrected chi connectivity index (χ4v) is 2.53. The predicted molar refractivity (Wildman–Crippen MR) is 57.7 cm³/mol. The summed E-state index contributed by atoms with van der Waals surface area (Å²) >= 11 is 5.98. The van der Waals surface area contributed by atoms with Crippen LogP contribution in [-0.4, -0.2) is 25.3 Å². The van der Waals surface area contributed by atoms with Crippen LogP contribution >= 0.6 is 11.6 Å². The van der Waals surface area contributed by atoms with Gasteiger partial charge in [0.25, 0.3) is 0 Å². The van der Waals surface area contributed by atoms with E-state index in [-0.39, 0.29) is 0 Å². The number of aromatic nitrogens is 1. The summed E-state index contributed by atoms with van der Waals surface area (Å²) in [5, 5.41) is 0.437. The number of hydrogen-bond donors (Lipinski definition) is 0. The lowest BCUT2D eigenvalue weighted by molar-refractivity contribution is -0.0443. The fourth-order valence-electron chi connectivity index (χ4n) is 2.34. The largest absolute Gasteiger partial charge is 0.496 e.